The predicted molar refractivity (Wildman–Crippen MR) is 285 cm³/mol. The molecule has 4 aromatic heterocycles. The van der Waals surface area contributed by atoms with E-state index in [1.165, 1.54) is 43.4 Å². The quantitative estimate of drug-likeness (QED) is 0.160. The number of aromatic nitrogens is 6. The maximum Gasteiger partial charge on any atom is 0.164 e. The lowest BCUT2D eigenvalue weighted by Crippen LogP contribution is -2.02. The van der Waals surface area contributed by atoms with Crippen LogP contribution in [0, 0.1) is 0 Å². The molecule has 0 atom stereocenters. The molecular weight excluding hydrogens is 841 g/mol. The molecule has 0 radical (unpaired) electrons. The molecule has 0 aliphatic carbocycles. The van der Waals surface area contributed by atoms with Crippen molar-refractivity contribution < 1.29 is 0 Å². The topological polar surface area (TPSA) is 53.5 Å². The van der Waals surface area contributed by atoms with Gasteiger partial charge < -0.3 is 13.7 Å². The minimum absolute atomic E-state index is 0.607. The lowest BCUT2D eigenvalue weighted by Gasteiger charge is -2.17. The van der Waals surface area contributed by atoms with E-state index in [9.17, 15) is 0 Å². The van der Waals surface area contributed by atoms with Crippen molar-refractivity contribution >= 4 is 65.4 Å². The van der Waals surface area contributed by atoms with E-state index >= 15 is 0 Å². The lowest BCUT2D eigenvalue weighted by molar-refractivity contribution is 1.07. The smallest absolute Gasteiger partial charge is 0.164 e. The monoisotopic (exact) mass is 880 g/mol. The molecule has 14 rings (SSSR count). The molecule has 0 spiro atoms. The molecule has 0 amide bonds. The van der Waals surface area contributed by atoms with Crippen LogP contribution in [0.2, 0.25) is 0 Å². The molecule has 10 aromatic carbocycles. The molecule has 322 valence electrons. The molecule has 0 saturated heterocycles. The number of hydrogen-bond donors (Lipinski definition) is 0. The molecule has 4 heterocycles. The van der Waals surface area contributed by atoms with Gasteiger partial charge >= 0.3 is 0 Å². The average Bonchev–Trinajstić information content (AvgIpc) is 4.06. The first-order chi connectivity index (χ1) is 34.2. The summed E-state index contributed by atoms with van der Waals surface area (Å²) in [5.74, 6) is 1.86. The van der Waals surface area contributed by atoms with Crippen LogP contribution >= 0.6 is 0 Å². The average molecular weight is 881 g/mol. The van der Waals surface area contributed by atoms with Gasteiger partial charge in [-0.2, -0.15) is 0 Å². The van der Waals surface area contributed by atoms with Gasteiger partial charge in [0.2, 0.25) is 0 Å². The van der Waals surface area contributed by atoms with Gasteiger partial charge in [0.25, 0.3) is 0 Å². The Morgan fingerprint density at radius 1 is 0.232 bits per heavy atom. The fraction of sp³-hybridized carbons (Fsp3) is 0. The van der Waals surface area contributed by atoms with Crippen molar-refractivity contribution in [3.05, 3.63) is 243 Å². The fourth-order valence-corrected chi connectivity index (χ4v) is 10.6. The van der Waals surface area contributed by atoms with Crippen molar-refractivity contribution in [3.63, 3.8) is 0 Å². The molecule has 0 saturated carbocycles. The van der Waals surface area contributed by atoms with Gasteiger partial charge in [-0.25, -0.2) is 15.0 Å². The fourth-order valence-electron chi connectivity index (χ4n) is 10.6. The molecule has 0 bridgehead atoms. The number of hydrogen-bond acceptors (Lipinski definition) is 3. The Morgan fingerprint density at radius 2 is 0.652 bits per heavy atom. The van der Waals surface area contributed by atoms with Crippen LogP contribution in [0.1, 0.15) is 0 Å². The minimum atomic E-state index is 0.607. The zero-order valence-corrected chi connectivity index (χ0v) is 37.3. The van der Waals surface area contributed by atoms with E-state index in [0.717, 1.165) is 66.9 Å². The summed E-state index contributed by atoms with van der Waals surface area (Å²) in [6, 6.07) is 86.5. The number of para-hydroxylation sites is 5. The number of rotatable bonds is 7. The van der Waals surface area contributed by atoms with Gasteiger partial charge in [-0.05, 0) is 72.3 Å². The Morgan fingerprint density at radius 3 is 1.22 bits per heavy atom. The van der Waals surface area contributed by atoms with Gasteiger partial charge in [0, 0.05) is 65.9 Å². The molecule has 14 aromatic rings. The summed E-state index contributed by atoms with van der Waals surface area (Å²) in [4.78, 5) is 15.4. The van der Waals surface area contributed by atoms with E-state index in [1.807, 2.05) is 36.4 Å². The zero-order chi connectivity index (χ0) is 45.4. The van der Waals surface area contributed by atoms with E-state index in [0.29, 0.717) is 17.5 Å². The van der Waals surface area contributed by atoms with Gasteiger partial charge in [0.15, 0.2) is 17.5 Å². The van der Waals surface area contributed by atoms with Gasteiger partial charge in [-0.1, -0.05) is 176 Å². The highest BCUT2D eigenvalue weighted by Crippen LogP contribution is 2.42. The molecule has 0 unspecified atom stereocenters. The van der Waals surface area contributed by atoms with Crippen molar-refractivity contribution in [1.82, 2.24) is 28.7 Å². The van der Waals surface area contributed by atoms with Crippen molar-refractivity contribution in [1.29, 1.82) is 0 Å². The summed E-state index contributed by atoms with van der Waals surface area (Å²) in [7, 11) is 0. The highest BCUT2D eigenvalue weighted by atomic mass is 15.0. The highest BCUT2D eigenvalue weighted by Gasteiger charge is 2.21. The van der Waals surface area contributed by atoms with Gasteiger partial charge in [0.05, 0.1) is 38.8 Å². The summed E-state index contributed by atoms with van der Waals surface area (Å²) in [6.45, 7) is 0. The van der Waals surface area contributed by atoms with E-state index in [-0.39, 0.29) is 0 Å². The van der Waals surface area contributed by atoms with Crippen LogP contribution in [-0.2, 0) is 0 Å². The second-order valence-electron chi connectivity index (χ2n) is 17.6. The Kier molecular flexibility index (Phi) is 8.79. The predicted octanol–water partition coefficient (Wildman–Crippen LogP) is 15.8. The minimum Gasteiger partial charge on any atom is -0.309 e. The highest BCUT2D eigenvalue weighted by molar-refractivity contribution is 6.14. The third-order valence-corrected chi connectivity index (χ3v) is 13.7. The van der Waals surface area contributed by atoms with Crippen molar-refractivity contribution in [3.8, 4) is 62.4 Å². The first-order valence-corrected chi connectivity index (χ1v) is 23.4. The summed E-state index contributed by atoms with van der Waals surface area (Å²) >= 11 is 0. The van der Waals surface area contributed by atoms with Crippen LogP contribution in [-0.4, -0.2) is 28.7 Å². The SMILES string of the molecule is c1ccc(-c2nc(-c3ccccc3)nc(-c3ccc(-c4ccc5c6ccccc6n(-c6ccc7c(c6)c6ccccc6n7-c6ccccc6)c5c4)c(-n4c5ccccc5c5ccccc54)c3)n2)cc1. The number of benzene rings is 10. The first kappa shape index (κ1) is 38.8. The van der Waals surface area contributed by atoms with Crippen LogP contribution in [0.5, 0.6) is 0 Å². The first-order valence-electron chi connectivity index (χ1n) is 23.4. The van der Waals surface area contributed by atoms with Gasteiger partial charge in [-0.15, -0.1) is 0 Å². The molecule has 6 heteroatoms. The third kappa shape index (κ3) is 6.23. The summed E-state index contributed by atoms with van der Waals surface area (Å²) in [5, 5.41) is 7.23. The molecule has 69 heavy (non-hydrogen) atoms. The largest absolute Gasteiger partial charge is 0.309 e. The Bertz CT molecular complexity index is 4190. The van der Waals surface area contributed by atoms with Crippen molar-refractivity contribution in [2.24, 2.45) is 0 Å². The number of nitrogens with zero attached hydrogens (tertiary/aromatic N) is 6. The molecular formula is C63H40N6. The van der Waals surface area contributed by atoms with Crippen molar-refractivity contribution in [2.75, 3.05) is 0 Å². The maximum absolute atomic E-state index is 5.18. The number of fused-ring (bicyclic) bond motifs is 9. The van der Waals surface area contributed by atoms with Crippen LogP contribution in [0.15, 0.2) is 243 Å². The van der Waals surface area contributed by atoms with Gasteiger partial charge in [-0.3, -0.25) is 0 Å². The van der Waals surface area contributed by atoms with Gasteiger partial charge in [0.1, 0.15) is 0 Å². The standard InChI is InChI=1S/C63H40N6/c1-4-18-41(19-5-1)61-64-62(42-20-6-2-7-21-42)66-63(65-61)44-33-35-47(59(39-44)69-56-30-16-11-24-48(56)49-25-12-17-31-57(49)69)43-32-36-52-50-26-10-14-28-54(50)68(60(52)38-43)46-34-37-58-53(40-46)51-27-13-15-29-55(51)67(58)45-22-8-3-9-23-45/h1-40H. The molecule has 0 fully saturated rings. The van der Waals surface area contributed by atoms with Crippen molar-refractivity contribution in [2.45, 2.75) is 0 Å². The van der Waals surface area contributed by atoms with Crippen LogP contribution < -0.4 is 0 Å². The molecule has 0 N–H and O–H groups in total. The maximum atomic E-state index is 5.18. The van der Waals surface area contributed by atoms with Crippen LogP contribution in [0.3, 0.4) is 0 Å². The second-order valence-corrected chi connectivity index (χ2v) is 17.6. The Hall–Kier alpha value is -9.39. The zero-order valence-electron chi connectivity index (χ0n) is 37.3. The van der Waals surface area contributed by atoms with Crippen LogP contribution in [0.4, 0.5) is 0 Å². The molecule has 0 aliphatic rings. The molecule has 0 aliphatic heterocycles. The van der Waals surface area contributed by atoms with E-state index in [1.54, 1.807) is 0 Å². The van der Waals surface area contributed by atoms with E-state index < -0.39 is 0 Å². The van der Waals surface area contributed by atoms with Crippen LogP contribution in [0.25, 0.3) is 128 Å². The second kappa shape index (κ2) is 15.6. The summed E-state index contributed by atoms with van der Waals surface area (Å²) < 4.78 is 7.23. The third-order valence-electron chi connectivity index (χ3n) is 13.7. The Balaban J connectivity index is 1.01. The normalized spacial score (nSPS) is 11.8. The Labute approximate surface area is 397 Å². The summed E-state index contributed by atoms with van der Waals surface area (Å²) in [5.41, 5.74) is 15.1. The van der Waals surface area contributed by atoms with E-state index in [4.69, 9.17) is 15.0 Å². The van der Waals surface area contributed by atoms with E-state index in [2.05, 4.69) is 220 Å². The summed E-state index contributed by atoms with van der Waals surface area (Å²) in [6.07, 6.45) is 0. The lowest BCUT2D eigenvalue weighted by atomic mass is 9.99. The molecule has 6 nitrogen and oxygen atoms in total.